The average molecular weight is 221 g/mol. The largest absolute Gasteiger partial charge is 0.303 e. The molecule has 1 aliphatic rings. The first-order valence-corrected chi connectivity index (χ1v) is 5.47. The van der Waals surface area contributed by atoms with E-state index in [4.69, 9.17) is 0 Å². The Hall–Kier alpha value is -1.42. The first-order valence-electron chi connectivity index (χ1n) is 5.47. The third kappa shape index (κ3) is 3.03. The van der Waals surface area contributed by atoms with Crippen LogP contribution in [0.3, 0.4) is 0 Å². The molecule has 0 atom stereocenters. The molecule has 0 aliphatic carbocycles. The summed E-state index contributed by atoms with van der Waals surface area (Å²) >= 11 is 0. The highest BCUT2D eigenvalue weighted by Crippen LogP contribution is 2.03. The number of piperazine rings is 1. The summed E-state index contributed by atoms with van der Waals surface area (Å²) in [5.74, 6) is -0.220. The van der Waals surface area contributed by atoms with Crippen molar-refractivity contribution in [3.8, 4) is 0 Å². The number of hydrazone groups is 1. The minimum Gasteiger partial charge on any atom is -0.303 e. The molecule has 86 valence electrons. The molecule has 1 aromatic carbocycles. The fourth-order valence-electron chi connectivity index (χ4n) is 1.65. The quantitative estimate of drug-likeness (QED) is 0.703. The van der Waals surface area contributed by atoms with Crippen molar-refractivity contribution in [2.45, 2.75) is 0 Å². The molecule has 16 heavy (non-hydrogen) atoms. The van der Waals surface area contributed by atoms with Gasteiger partial charge in [0.15, 0.2) is 0 Å². The fourth-order valence-corrected chi connectivity index (χ4v) is 1.65. The van der Waals surface area contributed by atoms with Crippen LogP contribution in [0.15, 0.2) is 29.4 Å². The molecule has 0 bridgehead atoms. The van der Waals surface area contributed by atoms with Gasteiger partial charge in [-0.05, 0) is 24.7 Å². The SMILES string of the molecule is CN1CCN(/N=C\c2cccc(F)c2)CC1. The van der Waals surface area contributed by atoms with E-state index in [2.05, 4.69) is 17.0 Å². The molecule has 1 fully saturated rings. The maximum absolute atomic E-state index is 12.9. The Morgan fingerprint density at radius 1 is 1.25 bits per heavy atom. The second-order valence-electron chi connectivity index (χ2n) is 4.06. The summed E-state index contributed by atoms with van der Waals surface area (Å²) in [6, 6.07) is 6.47. The van der Waals surface area contributed by atoms with Crippen LogP contribution in [0.25, 0.3) is 0 Å². The van der Waals surface area contributed by atoms with E-state index >= 15 is 0 Å². The van der Waals surface area contributed by atoms with E-state index in [9.17, 15) is 4.39 Å². The monoisotopic (exact) mass is 221 g/mol. The number of benzene rings is 1. The lowest BCUT2D eigenvalue weighted by Gasteiger charge is -2.30. The van der Waals surface area contributed by atoms with Crippen molar-refractivity contribution < 1.29 is 4.39 Å². The van der Waals surface area contributed by atoms with E-state index in [1.807, 2.05) is 11.1 Å². The highest BCUT2D eigenvalue weighted by Gasteiger charge is 2.10. The van der Waals surface area contributed by atoms with Gasteiger partial charge >= 0.3 is 0 Å². The van der Waals surface area contributed by atoms with Crippen molar-refractivity contribution in [2.75, 3.05) is 33.2 Å². The van der Waals surface area contributed by atoms with Gasteiger partial charge < -0.3 is 4.90 Å². The van der Waals surface area contributed by atoms with Crippen LogP contribution in [0.1, 0.15) is 5.56 Å². The van der Waals surface area contributed by atoms with E-state index in [0.29, 0.717) is 0 Å². The Morgan fingerprint density at radius 2 is 2.00 bits per heavy atom. The van der Waals surface area contributed by atoms with Gasteiger partial charge in [-0.2, -0.15) is 5.10 Å². The third-order valence-electron chi connectivity index (χ3n) is 2.70. The van der Waals surface area contributed by atoms with E-state index in [1.54, 1.807) is 12.3 Å². The number of hydrogen-bond donors (Lipinski definition) is 0. The van der Waals surface area contributed by atoms with E-state index < -0.39 is 0 Å². The van der Waals surface area contributed by atoms with Gasteiger partial charge in [0.1, 0.15) is 5.82 Å². The number of nitrogens with zero attached hydrogens (tertiary/aromatic N) is 3. The molecule has 2 rings (SSSR count). The molecule has 0 amide bonds. The first kappa shape index (κ1) is 11.1. The number of likely N-dealkylation sites (N-methyl/N-ethyl adjacent to an activating group) is 1. The third-order valence-corrected chi connectivity index (χ3v) is 2.70. The number of hydrogen-bond acceptors (Lipinski definition) is 3. The normalized spacial score (nSPS) is 18.2. The highest BCUT2D eigenvalue weighted by atomic mass is 19.1. The molecule has 0 unspecified atom stereocenters. The number of halogens is 1. The van der Waals surface area contributed by atoms with E-state index in [1.165, 1.54) is 12.1 Å². The Balaban J connectivity index is 1.94. The standard InChI is InChI=1S/C12H16FN3/c1-15-5-7-16(8-6-15)14-10-11-3-2-4-12(13)9-11/h2-4,9-10H,5-8H2,1H3/b14-10-. The zero-order valence-electron chi connectivity index (χ0n) is 9.43. The van der Waals surface area contributed by atoms with Crippen molar-refractivity contribution in [2.24, 2.45) is 5.10 Å². The zero-order chi connectivity index (χ0) is 11.4. The number of rotatable bonds is 2. The maximum Gasteiger partial charge on any atom is 0.123 e. The molecule has 3 nitrogen and oxygen atoms in total. The molecule has 0 N–H and O–H groups in total. The van der Waals surface area contributed by atoms with Gasteiger partial charge in [0.25, 0.3) is 0 Å². The Bertz CT molecular complexity index is 370. The van der Waals surface area contributed by atoms with Crippen LogP contribution in [-0.4, -0.2) is 49.4 Å². The van der Waals surface area contributed by atoms with Gasteiger partial charge in [-0.3, -0.25) is 5.01 Å². The second-order valence-corrected chi connectivity index (χ2v) is 4.06. The predicted octanol–water partition coefficient (Wildman–Crippen LogP) is 1.41. The maximum atomic E-state index is 12.9. The molecule has 0 aromatic heterocycles. The molecule has 1 saturated heterocycles. The van der Waals surface area contributed by atoms with Crippen molar-refractivity contribution in [1.82, 2.24) is 9.91 Å². The van der Waals surface area contributed by atoms with E-state index in [0.717, 1.165) is 31.7 Å². The summed E-state index contributed by atoms with van der Waals surface area (Å²) < 4.78 is 12.9. The topological polar surface area (TPSA) is 18.8 Å². The summed E-state index contributed by atoms with van der Waals surface area (Å²) in [6.45, 7) is 3.92. The minimum atomic E-state index is -0.220. The molecule has 4 heteroatoms. The highest BCUT2D eigenvalue weighted by molar-refractivity contribution is 5.79. The van der Waals surface area contributed by atoms with Crippen LogP contribution in [-0.2, 0) is 0 Å². The Morgan fingerprint density at radius 3 is 2.69 bits per heavy atom. The molecule has 0 saturated carbocycles. The molecule has 1 aromatic rings. The van der Waals surface area contributed by atoms with Crippen LogP contribution in [0.4, 0.5) is 4.39 Å². The van der Waals surface area contributed by atoms with Crippen LogP contribution < -0.4 is 0 Å². The minimum absolute atomic E-state index is 0.220. The van der Waals surface area contributed by atoms with Crippen LogP contribution in [0.5, 0.6) is 0 Å². The van der Waals surface area contributed by atoms with Crippen LogP contribution in [0, 0.1) is 5.82 Å². The summed E-state index contributed by atoms with van der Waals surface area (Å²) in [7, 11) is 2.10. The van der Waals surface area contributed by atoms with Crippen molar-refractivity contribution in [3.63, 3.8) is 0 Å². The van der Waals surface area contributed by atoms with E-state index in [-0.39, 0.29) is 5.82 Å². The zero-order valence-corrected chi connectivity index (χ0v) is 9.43. The first-order chi connectivity index (χ1) is 7.74. The van der Waals surface area contributed by atoms with Gasteiger partial charge in [0, 0.05) is 26.2 Å². The Kier molecular flexibility index (Phi) is 3.51. The summed E-state index contributed by atoms with van der Waals surface area (Å²) in [6.07, 6.45) is 1.72. The predicted molar refractivity (Wildman–Crippen MR) is 63.1 cm³/mol. The van der Waals surface area contributed by atoms with Crippen LogP contribution >= 0.6 is 0 Å². The van der Waals surface area contributed by atoms with Crippen molar-refractivity contribution >= 4 is 6.21 Å². The van der Waals surface area contributed by atoms with Crippen molar-refractivity contribution in [3.05, 3.63) is 35.6 Å². The van der Waals surface area contributed by atoms with Crippen LogP contribution in [0.2, 0.25) is 0 Å². The summed E-state index contributed by atoms with van der Waals surface area (Å²) in [5, 5.41) is 6.36. The molecule has 1 heterocycles. The summed E-state index contributed by atoms with van der Waals surface area (Å²) in [4.78, 5) is 2.27. The lowest BCUT2D eigenvalue weighted by Crippen LogP contribution is -2.41. The molecule has 1 aliphatic heterocycles. The molecule has 0 spiro atoms. The smallest absolute Gasteiger partial charge is 0.123 e. The van der Waals surface area contributed by atoms with Gasteiger partial charge in [-0.1, -0.05) is 12.1 Å². The van der Waals surface area contributed by atoms with Gasteiger partial charge in [-0.15, -0.1) is 0 Å². The Labute approximate surface area is 95.2 Å². The van der Waals surface area contributed by atoms with Gasteiger partial charge in [0.2, 0.25) is 0 Å². The second kappa shape index (κ2) is 5.07. The van der Waals surface area contributed by atoms with Gasteiger partial charge in [0.05, 0.1) is 6.21 Å². The molecule has 0 radical (unpaired) electrons. The lowest BCUT2D eigenvalue weighted by atomic mass is 10.2. The van der Waals surface area contributed by atoms with Crippen molar-refractivity contribution in [1.29, 1.82) is 0 Å². The molecular formula is C12H16FN3. The van der Waals surface area contributed by atoms with Gasteiger partial charge in [-0.25, -0.2) is 4.39 Å². The lowest BCUT2D eigenvalue weighted by molar-refractivity contribution is 0.159. The average Bonchev–Trinajstić information content (AvgIpc) is 2.28. The summed E-state index contributed by atoms with van der Waals surface area (Å²) in [5.41, 5.74) is 0.805. The fraction of sp³-hybridized carbons (Fsp3) is 0.417. The molecular weight excluding hydrogens is 205 g/mol.